The second-order valence-electron chi connectivity index (χ2n) is 6.20. The summed E-state index contributed by atoms with van der Waals surface area (Å²) >= 11 is 0. The van der Waals surface area contributed by atoms with Crippen LogP contribution < -0.4 is 5.32 Å². The van der Waals surface area contributed by atoms with E-state index in [9.17, 15) is 0 Å². The van der Waals surface area contributed by atoms with Crippen molar-refractivity contribution in [3.8, 4) is 11.3 Å². The average molecular weight is 283 g/mol. The molecule has 2 N–H and O–H groups in total. The molecule has 3 nitrogen and oxygen atoms in total. The fourth-order valence-electron chi connectivity index (χ4n) is 3.37. The Morgan fingerprint density at radius 3 is 2.71 bits per heavy atom. The highest BCUT2D eigenvalue weighted by Gasteiger charge is 2.20. The van der Waals surface area contributed by atoms with E-state index in [1.54, 1.807) is 0 Å². The van der Waals surface area contributed by atoms with Crippen molar-refractivity contribution in [3.63, 3.8) is 0 Å². The lowest BCUT2D eigenvalue weighted by atomic mass is 9.84. The van der Waals surface area contributed by atoms with Crippen LogP contribution in [0.2, 0.25) is 0 Å². The van der Waals surface area contributed by atoms with Crippen molar-refractivity contribution in [2.75, 3.05) is 0 Å². The highest BCUT2D eigenvalue weighted by molar-refractivity contribution is 5.62. The standard InChI is InChI=1S/C18H25N3/c1-14(15-8-4-2-5-9-15)19-12-17-13-20-21-18(17)16-10-6-3-7-11-16/h3,6-7,10-11,13-15,19H,2,4-5,8-9,12H2,1H3,(H,20,21)/t14-/m1/s1. The van der Waals surface area contributed by atoms with E-state index in [1.165, 1.54) is 43.2 Å². The van der Waals surface area contributed by atoms with E-state index < -0.39 is 0 Å². The van der Waals surface area contributed by atoms with E-state index in [-0.39, 0.29) is 0 Å². The second kappa shape index (κ2) is 6.90. The molecule has 21 heavy (non-hydrogen) atoms. The SMILES string of the molecule is C[C@@H](NCc1cn[nH]c1-c1ccccc1)C1CCCCC1. The summed E-state index contributed by atoms with van der Waals surface area (Å²) in [5, 5.41) is 11.1. The number of H-pyrrole nitrogens is 1. The number of hydrogen-bond acceptors (Lipinski definition) is 2. The van der Waals surface area contributed by atoms with E-state index in [0.29, 0.717) is 6.04 Å². The van der Waals surface area contributed by atoms with Crippen molar-refractivity contribution in [3.05, 3.63) is 42.1 Å². The number of benzene rings is 1. The van der Waals surface area contributed by atoms with Gasteiger partial charge in [-0.1, -0.05) is 49.6 Å². The summed E-state index contributed by atoms with van der Waals surface area (Å²) in [6.07, 6.45) is 8.93. The van der Waals surface area contributed by atoms with E-state index in [2.05, 4.69) is 46.7 Å². The van der Waals surface area contributed by atoms with Gasteiger partial charge in [-0.15, -0.1) is 0 Å². The second-order valence-corrected chi connectivity index (χ2v) is 6.20. The van der Waals surface area contributed by atoms with Gasteiger partial charge in [-0.05, 0) is 31.2 Å². The van der Waals surface area contributed by atoms with E-state index in [0.717, 1.165) is 18.2 Å². The molecule has 0 aliphatic heterocycles. The third-order valence-corrected chi connectivity index (χ3v) is 4.75. The maximum atomic E-state index is 4.22. The van der Waals surface area contributed by atoms with Crippen LogP contribution in [0, 0.1) is 5.92 Å². The molecular weight excluding hydrogens is 258 g/mol. The predicted molar refractivity (Wildman–Crippen MR) is 86.9 cm³/mol. The average Bonchev–Trinajstić information content (AvgIpc) is 3.03. The molecule has 0 saturated heterocycles. The molecule has 1 atom stereocenters. The molecule has 1 aromatic heterocycles. The van der Waals surface area contributed by atoms with E-state index in [1.807, 2.05) is 12.3 Å². The molecule has 112 valence electrons. The molecule has 1 fully saturated rings. The number of hydrogen-bond donors (Lipinski definition) is 2. The first-order chi connectivity index (χ1) is 10.3. The first-order valence-corrected chi connectivity index (χ1v) is 8.15. The lowest BCUT2D eigenvalue weighted by Gasteiger charge is -2.28. The lowest BCUT2D eigenvalue weighted by Crippen LogP contribution is -2.34. The molecule has 3 heteroatoms. The van der Waals surface area contributed by atoms with Crippen molar-refractivity contribution in [1.29, 1.82) is 0 Å². The van der Waals surface area contributed by atoms with Gasteiger partial charge < -0.3 is 5.32 Å². The van der Waals surface area contributed by atoms with Crippen molar-refractivity contribution >= 4 is 0 Å². The summed E-state index contributed by atoms with van der Waals surface area (Å²) in [6, 6.07) is 11.0. The minimum atomic E-state index is 0.587. The molecular formula is C18H25N3. The zero-order valence-corrected chi connectivity index (χ0v) is 12.8. The summed E-state index contributed by atoms with van der Waals surface area (Å²) in [4.78, 5) is 0. The summed E-state index contributed by atoms with van der Waals surface area (Å²) in [5.74, 6) is 0.839. The van der Waals surface area contributed by atoms with Gasteiger partial charge in [0.2, 0.25) is 0 Å². The van der Waals surface area contributed by atoms with E-state index in [4.69, 9.17) is 0 Å². The maximum absolute atomic E-state index is 4.22. The summed E-state index contributed by atoms with van der Waals surface area (Å²) < 4.78 is 0. The first-order valence-electron chi connectivity index (χ1n) is 8.15. The van der Waals surface area contributed by atoms with Crippen molar-refractivity contribution in [2.24, 2.45) is 5.92 Å². The van der Waals surface area contributed by atoms with Crippen LogP contribution in [0.15, 0.2) is 36.5 Å². The maximum Gasteiger partial charge on any atom is 0.0695 e. The quantitative estimate of drug-likeness (QED) is 0.866. The van der Waals surface area contributed by atoms with Crippen molar-refractivity contribution in [2.45, 2.75) is 51.6 Å². The molecule has 1 saturated carbocycles. The molecule has 1 heterocycles. The van der Waals surface area contributed by atoms with Crippen LogP contribution in [0.1, 0.15) is 44.6 Å². The molecule has 1 aliphatic rings. The monoisotopic (exact) mass is 283 g/mol. The van der Waals surface area contributed by atoms with Gasteiger partial charge in [0, 0.05) is 18.2 Å². The van der Waals surface area contributed by atoms with Crippen molar-refractivity contribution < 1.29 is 0 Å². The third kappa shape index (κ3) is 3.53. The Hall–Kier alpha value is -1.61. The van der Waals surface area contributed by atoms with Crippen LogP contribution in [0.25, 0.3) is 11.3 Å². The van der Waals surface area contributed by atoms with Gasteiger partial charge in [-0.2, -0.15) is 5.10 Å². The Labute approximate surface area is 127 Å². The van der Waals surface area contributed by atoms with Crippen LogP contribution >= 0.6 is 0 Å². The minimum absolute atomic E-state index is 0.587. The molecule has 0 radical (unpaired) electrons. The Balaban J connectivity index is 1.62. The van der Waals surface area contributed by atoms with Gasteiger partial charge in [0.15, 0.2) is 0 Å². The largest absolute Gasteiger partial charge is 0.310 e. The van der Waals surface area contributed by atoms with Gasteiger partial charge >= 0.3 is 0 Å². The molecule has 1 aliphatic carbocycles. The Morgan fingerprint density at radius 1 is 1.19 bits per heavy atom. The zero-order chi connectivity index (χ0) is 14.5. The van der Waals surface area contributed by atoms with Crippen LogP contribution in [-0.4, -0.2) is 16.2 Å². The predicted octanol–water partition coefficient (Wildman–Crippen LogP) is 4.14. The topological polar surface area (TPSA) is 40.7 Å². The fraction of sp³-hybridized carbons (Fsp3) is 0.500. The number of nitrogens with one attached hydrogen (secondary N) is 2. The lowest BCUT2D eigenvalue weighted by molar-refractivity contribution is 0.281. The summed E-state index contributed by atoms with van der Waals surface area (Å²) in [6.45, 7) is 3.22. The Bertz CT molecular complexity index is 541. The molecule has 0 unspecified atom stereocenters. The molecule has 1 aromatic carbocycles. The van der Waals surface area contributed by atoms with Gasteiger partial charge in [-0.25, -0.2) is 0 Å². The molecule has 0 bridgehead atoms. The van der Waals surface area contributed by atoms with Gasteiger partial charge in [0.05, 0.1) is 11.9 Å². The van der Waals surface area contributed by atoms with Crippen molar-refractivity contribution in [1.82, 2.24) is 15.5 Å². The van der Waals surface area contributed by atoms with E-state index >= 15 is 0 Å². The smallest absolute Gasteiger partial charge is 0.0695 e. The normalized spacial score (nSPS) is 17.8. The molecule has 0 spiro atoms. The molecule has 0 amide bonds. The van der Waals surface area contributed by atoms with Gasteiger partial charge in [-0.3, -0.25) is 5.10 Å². The highest BCUT2D eigenvalue weighted by Crippen LogP contribution is 2.27. The van der Waals surface area contributed by atoms with Gasteiger partial charge in [0.25, 0.3) is 0 Å². The molecule has 3 rings (SSSR count). The molecule has 2 aromatic rings. The Morgan fingerprint density at radius 2 is 1.95 bits per heavy atom. The van der Waals surface area contributed by atoms with Crippen LogP contribution in [-0.2, 0) is 6.54 Å². The number of rotatable bonds is 5. The van der Waals surface area contributed by atoms with Gasteiger partial charge in [0.1, 0.15) is 0 Å². The number of aromatic nitrogens is 2. The number of nitrogens with zero attached hydrogens (tertiary/aromatic N) is 1. The van der Waals surface area contributed by atoms with Crippen LogP contribution in [0.3, 0.4) is 0 Å². The summed E-state index contributed by atoms with van der Waals surface area (Å²) in [7, 11) is 0. The fourth-order valence-corrected chi connectivity index (χ4v) is 3.37. The zero-order valence-electron chi connectivity index (χ0n) is 12.8. The van der Waals surface area contributed by atoms with Crippen LogP contribution in [0.4, 0.5) is 0 Å². The Kier molecular flexibility index (Phi) is 4.71. The van der Waals surface area contributed by atoms with Crippen LogP contribution in [0.5, 0.6) is 0 Å². The highest BCUT2D eigenvalue weighted by atomic mass is 15.1. The number of aromatic amines is 1. The third-order valence-electron chi connectivity index (χ3n) is 4.75. The minimum Gasteiger partial charge on any atom is -0.310 e. The summed E-state index contributed by atoms with van der Waals surface area (Å²) in [5.41, 5.74) is 3.60. The first kappa shape index (κ1) is 14.3.